The van der Waals surface area contributed by atoms with E-state index in [0.717, 1.165) is 51.0 Å². The van der Waals surface area contributed by atoms with Crippen LogP contribution >= 0.6 is 11.3 Å². The minimum atomic E-state index is 0.234. The fourth-order valence-electron chi connectivity index (χ4n) is 4.19. The van der Waals surface area contributed by atoms with Crippen molar-refractivity contribution in [2.75, 3.05) is 32.8 Å². The molecule has 2 aliphatic rings. The molecular weight excluding hydrogens is 394 g/mol. The lowest BCUT2D eigenvalue weighted by atomic mass is 10.1. The third-order valence-corrected chi connectivity index (χ3v) is 6.93. The second-order valence-corrected chi connectivity index (χ2v) is 9.23. The number of rotatable bonds is 6. The van der Waals surface area contributed by atoms with Crippen molar-refractivity contribution in [2.24, 2.45) is 4.99 Å². The minimum Gasteiger partial charge on any atom is -0.373 e. The normalized spacial score (nSPS) is 22.5. The first kappa shape index (κ1) is 21.3. The van der Waals surface area contributed by atoms with E-state index in [2.05, 4.69) is 71.6 Å². The Morgan fingerprint density at radius 1 is 1.30 bits per heavy atom. The van der Waals surface area contributed by atoms with Crippen LogP contribution in [0.4, 0.5) is 0 Å². The van der Waals surface area contributed by atoms with Gasteiger partial charge in [-0.1, -0.05) is 44.2 Å². The van der Waals surface area contributed by atoms with Gasteiger partial charge in [-0.3, -0.25) is 4.90 Å². The van der Waals surface area contributed by atoms with E-state index in [1.54, 1.807) is 11.3 Å². The first-order valence-corrected chi connectivity index (χ1v) is 11.9. The van der Waals surface area contributed by atoms with Crippen LogP contribution in [0.1, 0.15) is 43.0 Å². The van der Waals surface area contributed by atoms with Gasteiger partial charge < -0.3 is 15.0 Å². The van der Waals surface area contributed by atoms with Gasteiger partial charge >= 0.3 is 0 Å². The summed E-state index contributed by atoms with van der Waals surface area (Å²) in [5, 5.41) is 6.79. The van der Waals surface area contributed by atoms with Crippen molar-refractivity contribution in [3.63, 3.8) is 0 Å². The zero-order valence-electron chi connectivity index (χ0n) is 18.3. The van der Waals surface area contributed by atoms with Gasteiger partial charge in [0.05, 0.1) is 36.0 Å². The second-order valence-electron chi connectivity index (χ2n) is 8.34. The number of fused-ring (bicyclic) bond motifs is 1. The molecule has 0 radical (unpaired) electrons. The number of thiazole rings is 1. The molecule has 2 aliphatic heterocycles. The lowest BCUT2D eigenvalue weighted by molar-refractivity contribution is -0.0502. The monoisotopic (exact) mass is 427 g/mol. The first-order valence-electron chi connectivity index (χ1n) is 11.0. The number of hydrogen-bond donors (Lipinski definition) is 1. The van der Waals surface area contributed by atoms with Gasteiger partial charge in [0.1, 0.15) is 0 Å². The molecule has 1 aromatic heterocycles. The van der Waals surface area contributed by atoms with Crippen molar-refractivity contribution in [1.82, 2.24) is 20.1 Å². The van der Waals surface area contributed by atoms with Crippen molar-refractivity contribution in [1.29, 1.82) is 0 Å². The maximum atomic E-state index is 6.14. The Labute approximate surface area is 184 Å². The lowest BCUT2D eigenvalue weighted by Gasteiger charge is -2.36. The molecule has 1 N–H and O–H groups in total. The summed E-state index contributed by atoms with van der Waals surface area (Å²) in [6.45, 7) is 12.5. The lowest BCUT2D eigenvalue weighted by Crippen LogP contribution is -2.50. The van der Waals surface area contributed by atoms with Gasteiger partial charge in [0.15, 0.2) is 5.96 Å². The number of ether oxygens (including phenoxy) is 1. The van der Waals surface area contributed by atoms with Crippen LogP contribution in [0.15, 0.2) is 40.7 Å². The SMILES string of the molecule is CCNC(=NCc1csc(C(C)C)n1)N1CC2OCCN(Cc3ccccc3)C2C1. The Bertz CT molecular complexity index is 837. The summed E-state index contributed by atoms with van der Waals surface area (Å²) in [6, 6.07) is 11.1. The number of nitrogens with zero attached hydrogens (tertiary/aromatic N) is 4. The molecule has 2 aromatic rings. The summed E-state index contributed by atoms with van der Waals surface area (Å²) in [5.41, 5.74) is 2.42. The largest absolute Gasteiger partial charge is 0.373 e. The molecule has 2 unspecified atom stereocenters. The molecule has 0 aliphatic carbocycles. The molecule has 2 fully saturated rings. The quantitative estimate of drug-likeness (QED) is 0.566. The molecular formula is C23H33N5OS. The van der Waals surface area contributed by atoms with Crippen LogP contribution in [0.2, 0.25) is 0 Å². The summed E-state index contributed by atoms with van der Waals surface area (Å²) in [5.74, 6) is 1.43. The van der Waals surface area contributed by atoms with Crippen LogP contribution in [0.25, 0.3) is 0 Å². The summed E-state index contributed by atoms with van der Waals surface area (Å²) in [7, 11) is 0. The highest BCUT2D eigenvalue weighted by molar-refractivity contribution is 7.09. The van der Waals surface area contributed by atoms with E-state index in [1.807, 2.05) is 0 Å². The van der Waals surface area contributed by atoms with E-state index < -0.39 is 0 Å². The summed E-state index contributed by atoms with van der Waals surface area (Å²) >= 11 is 1.73. The third kappa shape index (κ3) is 5.02. The molecule has 30 heavy (non-hydrogen) atoms. The van der Waals surface area contributed by atoms with Gasteiger partial charge in [-0.15, -0.1) is 11.3 Å². The zero-order valence-corrected chi connectivity index (χ0v) is 19.1. The van der Waals surface area contributed by atoms with Gasteiger partial charge in [0, 0.05) is 44.0 Å². The van der Waals surface area contributed by atoms with Crippen LogP contribution in [-0.2, 0) is 17.8 Å². The van der Waals surface area contributed by atoms with Crippen LogP contribution < -0.4 is 5.32 Å². The Morgan fingerprint density at radius 3 is 2.87 bits per heavy atom. The highest BCUT2D eigenvalue weighted by Crippen LogP contribution is 2.25. The molecule has 4 rings (SSSR count). The second kappa shape index (κ2) is 9.90. The Kier molecular flexibility index (Phi) is 7.02. The number of aliphatic imine (C=N–C) groups is 1. The third-order valence-electron chi connectivity index (χ3n) is 5.73. The minimum absolute atomic E-state index is 0.234. The average molecular weight is 428 g/mol. The van der Waals surface area contributed by atoms with E-state index >= 15 is 0 Å². The molecule has 0 saturated carbocycles. The molecule has 2 saturated heterocycles. The van der Waals surface area contributed by atoms with E-state index in [4.69, 9.17) is 14.7 Å². The number of hydrogen-bond acceptors (Lipinski definition) is 5. The van der Waals surface area contributed by atoms with E-state index in [0.29, 0.717) is 18.5 Å². The molecule has 6 nitrogen and oxygen atoms in total. The van der Waals surface area contributed by atoms with Gasteiger partial charge in [-0.2, -0.15) is 0 Å². The molecule has 3 heterocycles. The van der Waals surface area contributed by atoms with Crippen LogP contribution in [-0.4, -0.2) is 65.7 Å². The molecule has 0 spiro atoms. The Balaban J connectivity index is 1.43. The van der Waals surface area contributed by atoms with Gasteiger partial charge in [-0.05, 0) is 12.5 Å². The fourth-order valence-corrected chi connectivity index (χ4v) is 5.01. The predicted molar refractivity (Wildman–Crippen MR) is 123 cm³/mol. The first-order chi connectivity index (χ1) is 14.6. The molecule has 0 amide bonds. The summed E-state index contributed by atoms with van der Waals surface area (Å²) in [6.07, 6.45) is 0.234. The summed E-state index contributed by atoms with van der Waals surface area (Å²) in [4.78, 5) is 14.6. The van der Waals surface area contributed by atoms with Gasteiger partial charge in [-0.25, -0.2) is 9.98 Å². The van der Waals surface area contributed by atoms with E-state index in [1.165, 1.54) is 10.6 Å². The number of likely N-dealkylation sites (tertiary alicyclic amines) is 1. The van der Waals surface area contributed by atoms with Crippen molar-refractivity contribution in [3.05, 3.63) is 52.0 Å². The maximum absolute atomic E-state index is 6.14. The van der Waals surface area contributed by atoms with Gasteiger partial charge in [0.2, 0.25) is 0 Å². The van der Waals surface area contributed by atoms with Crippen molar-refractivity contribution in [2.45, 2.75) is 51.9 Å². The number of nitrogens with one attached hydrogen (secondary N) is 1. The van der Waals surface area contributed by atoms with Crippen LogP contribution in [0, 0.1) is 0 Å². The fraction of sp³-hybridized carbons (Fsp3) is 0.565. The number of benzene rings is 1. The molecule has 1 aromatic carbocycles. The summed E-state index contributed by atoms with van der Waals surface area (Å²) < 4.78 is 6.14. The maximum Gasteiger partial charge on any atom is 0.194 e. The predicted octanol–water partition coefficient (Wildman–Crippen LogP) is 3.32. The van der Waals surface area contributed by atoms with Crippen LogP contribution in [0.5, 0.6) is 0 Å². The molecule has 2 atom stereocenters. The number of guanidine groups is 1. The average Bonchev–Trinajstić information content (AvgIpc) is 3.40. The standard InChI is InChI=1S/C23H33N5OS/c1-4-24-23(25-12-19-16-30-22(26-19)17(2)3)28-14-20-21(15-28)29-11-10-27(20)13-18-8-6-5-7-9-18/h5-9,16-17,20-21H,4,10-15H2,1-3H3,(H,24,25). The number of aromatic nitrogens is 1. The Morgan fingerprint density at radius 2 is 2.13 bits per heavy atom. The highest BCUT2D eigenvalue weighted by Gasteiger charge is 2.41. The van der Waals surface area contributed by atoms with Crippen molar-refractivity contribution in [3.8, 4) is 0 Å². The van der Waals surface area contributed by atoms with Crippen LogP contribution in [0.3, 0.4) is 0 Å². The molecule has 162 valence electrons. The highest BCUT2D eigenvalue weighted by atomic mass is 32.1. The molecule has 0 bridgehead atoms. The Hall–Kier alpha value is -1.96. The van der Waals surface area contributed by atoms with Crippen molar-refractivity contribution >= 4 is 17.3 Å². The van der Waals surface area contributed by atoms with Crippen molar-refractivity contribution < 1.29 is 4.74 Å². The van der Waals surface area contributed by atoms with Gasteiger partial charge in [0.25, 0.3) is 0 Å². The zero-order chi connectivity index (χ0) is 20.9. The van der Waals surface area contributed by atoms with E-state index in [-0.39, 0.29) is 6.10 Å². The smallest absolute Gasteiger partial charge is 0.194 e. The molecule has 7 heteroatoms. The number of morpholine rings is 1. The van der Waals surface area contributed by atoms with E-state index in [9.17, 15) is 0 Å². The topological polar surface area (TPSA) is 53.0 Å².